The van der Waals surface area contributed by atoms with Crippen LogP contribution in [0.2, 0.25) is 0 Å². The Bertz CT molecular complexity index is 188. The van der Waals surface area contributed by atoms with E-state index in [2.05, 4.69) is 43.5 Å². The molecule has 3 nitrogen and oxygen atoms in total. The number of nitrogens with zero attached hydrogens (tertiary/aromatic N) is 1. The minimum absolute atomic E-state index is 0.223. The van der Waals surface area contributed by atoms with E-state index in [1.54, 1.807) is 0 Å². The van der Waals surface area contributed by atoms with Crippen LogP contribution in [-0.2, 0) is 0 Å². The Morgan fingerprint density at radius 3 is 2.29 bits per heavy atom. The second kappa shape index (κ2) is 7.74. The Morgan fingerprint density at radius 1 is 1.36 bits per heavy atom. The Kier molecular flexibility index (Phi) is 7.38. The highest BCUT2D eigenvalue weighted by atomic mass is 32.1. The van der Waals surface area contributed by atoms with Gasteiger partial charge in [0.25, 0.3) is 0 Å². The van der Waals surface area contributed by atoms with Crippen LogP contribution in [-0.4, -0.2) is 11.3 Å². The maximum atomic E-state index is 5.27. The Labute approximate surface area is 92.1 Å². The van der Waals surface area contributed by atoms with Crippen LogP contribution in [0.5, 0.6) is 0 Å². The first-order valence-electron chi connectivity index (χ1n) is 5.24. The van der Waals surface area contributed by atoms with Crippen molar-refractivity contribution in [1.82, 2.24) is 5.43 Å². The van der Waals surface area contributed by atoms with E-state index in [1.807, 2.05) is 6.21 Å². The van der Waals surface area contributed by atoms with Gasteiger partial charge in [0.2, 0.25) is 0 Å². The third-order valence-corrected chi connectivity index (χ3v) is 2.66. The van der Waals surface area contributed by atoms with Crippen molar-refractivity contribution in [1.29, 1.82) is 0 Å². The molecule has 4 heteroatoms. The molecule has 0 aliphatic rings. The van der Waals surface area contributed by atoms with Gasteiger partial charge in [0.05, 0.1) is 0 Å². The van der Waals surface area contributed by atoms with Gasteiger partial charge in [0.1, 0.15) is 0 Å². The van der Waals surface area contributed by atoms with Gasteiger partial charge in [0.15, 0.2) is 5.11 Å². The molecule has 3 N–H and O–H groups in total. The Hall–Kier alpha value is -0.640. The summed E-state index contributed by atoms with van der Waals surface area (Å²) in [5.41, 5.74) is 7.86. The van der Waals surface area contributed by atoms with E-state index in [-0.39, 0.29) is 5.11 Å². The lowest BCUT2D eigenvalue weighted by atomic mass is 9.87. The molecule has 1 atom stereocenters. The molecule has 0 aromatic heterocycles. The summed E-state index contributed by atoms with van der Waals surface area (Å²) in [6.07, 6.45) is 5.41. The highest BCUT2D eigenvalue weighted by molar-refractivity contribution is 7.80. The van der Waals surface area contributed by atoms with Gasteiger partial charge in [-0.05, 0) is 30.5 Å². The molecule has 0 aliphatic carbocycles. The first-order chi connectivity index (χ1) is 6.65. The zero-order valence-electron chi connectivity index (χ0n) is 9.29. The largest absolute Gasteiger partial charge is 0.375 e. The zero-order chi connectivity index (χ0) is 11.0. The first-order valence-corrected chi connectivity index (χ1v) is 5.65. The van der Waals surface area contributed by atoms with E-state index in [0.29, 0.717) is 11.8 Å². The molecule has 0 saturated carbocycles. The molecular weight excluding hydrogens is 194 g/mol. The number of nitrogens with one attached hydrogen (secondary N) is 1. The van der Waals surface area contributed by atoms with Gasteiger partial charge in [-0.1, -0.05) is 33.6 Å². The van der Waals surface area contributed by atoms with E-state index < -0.39 is 0 Å². The van der Waals surface area contributed by atoms with Crippen LogP contribution in [0.4, 0.5) is 0 Å². The van der Waals surface area contributed by atoms with Gasteiger partial charge in [-0.2, -0.15) is 5.10 Å². The summed E-state index contributed by atoms with van der Waals surface area (Å²) in [6.45, 7) is 6.60. The van der Waals surface area contributed by atoms with Crippen LogP contribution < -0.4 is 11.2 Å². The average molecular weight is 215 g/mol. The monoisotopic (exact) mass is 215 g/mol. The SMILES string of the molecule is CCC(/C=N\NC(N)=S)C(CC)CC. The lowest BCUT2D eigenvalue weighted by molar-refractivity contribution is 0.387. The number of hydrogen-bond donors (Lipinski definition) is 2. The fourth-order valence-corrected chi connectivity index (χ4v) is 1.70. The van der Waals surface area contributed by atoms with Crippen molar-refractivity contribution in [3.63, 3.8) is 0 Å². The Morgan fingerprint density at radius 2 is 1.93 bits per heavy atom. The van der Waals surface area contributed by atoms with E-state index in [9.17, 15) is 0 Å². The van der Waals surface area contributed by atoms with Crippen LogP contribution in [0.1, 0.15) is 40.0 Å². The molecule has 0 radical (unpaired) electrons. The maximum absolute atomic E-state index is 5.27. The second-order valence-corrected chi connectivity index (χ2v) is 3.84. The van der Waals surface area contributed by atoms with Gasteiger partial charge in [-0.15, -0.1) is 0 Å². The molecule has 0 heterocycles. The molecule has 0 saturated heterocycles. The van der Waals surface area contributed by atoms with Gasteiger partial charge in [-0.25, -0.2) is 0 Å². The fraction of sp³-hybridized carbons (Fsp3) is 0.800. The van der Waals surface area contributed by atoms with Crippen LogP contribution in [0.25, 0.3) is 0 Å². The average Bonchev–Trinajstić information content (AvgIpc) is 2.16. The second-order valence-electron chi connectivity index (χ2n) is 3.40. The van der Waals surface area contributed by atoms with Gasteiger partial charge >= 0.3 is 0 Å². The summed E-state index contributed by atoms with van der Waals surface area (Å²) < 4.78 is 0. The van der Waals surface area contributed by atoms with Crippen LogP contribution in [0, 0.1) is 11.8 Å². The van der Waals surface area contributed by atoms with Crippen molar-refractivity contribution in [2.45, 2.75) is 40.0 Å². The normalized spacial score (nSPS) is 13.4. The maximum Gasteiger partial charge on any atom is 0.184 e. The predicted molar refractivity (Wildman–Crippen MR) is 66.3 cm³/mol. The minimum Gasteiger partial charge on any atom is -0.375 e. The van der Waals surface area contributed by atoms with E-state index in [0.717, 1.165) is 6.42 Å². The number of thiocarbonyl (C=S) groups is 1. The van der Waals surface area contributed by atoms with Gasteiger partial charge in [0, 0.05) is 6.21 Å². The molecule has 0 bridgehead atoms. The highest BCUT2D eigenvalue weighted by Gasteiger charge is 2.13. The molecule has 0 aliphatic heterocycles. The highest BCUT2D eigenvalue weighted by Crippen LogP contribution is 2.20. The van der Waals surface area contributed by atoms with E-state index >= 15 is 0 Å². The zero-order valence-corrected chi connectivity index (χ0v) is 10.1. The molecule has 0 aromatic carbocycles. The van der Waals surface area contributed by atoms with Crippen LogP contribution in [0.3, 0.4) is 0 Å². The molecule has 0 spiro atoms. The third kappa shape index (κ3) is 5.17. The van der Waals surface area contributed by atoms with Crippen LogP contribution in [0.15, 0.2) is 5.10 Å². The van der Waals surface area contributed by atoms with Crippen molar-refractivity contribution < 1.29 is 0 Å². The summed E-state index contributed by atoms with van der Waals surface area (Å²) in [6, 6.07) is 0. The first kappa shape index (κ1) is 13.4. The topological polar surface area (TPSA) is 50.4 Å². The van der Waals surface area contributed by atoms with Gasteiger partial charge in [-0.3, -0.25) is 5.43 Å². The number of hydrazone groups is 1. The predicted octanol–water partition coefficient (Wildman–Crippen LogP) is 2.27. The quantitative estimate of drug-likeness (QED) is 0.406. The van der Waals surface area contributed by atoms with Crippen molar-refractivity contribution >= 4 is 23.5 Å². The molecule has 1 unspecified atom stereocenters. The van der Waals surface area contributed by atoms with Crippen molar-refractivity contribution in [3.05, 3.63) is 0 Å². The van der Waals surface area contributed by atoms with Crippen molar-refractivity contribution in [2.75, 3.05) is 0 Å². The van der Waals surface area contributed by atoms with E-state index in [1.165, 1.54) is 12.8 Å². The smallest absolute Gasteiger partial charge is 0.184 e. The van der Waals surface area contributed by atoms with Gasteiger partial charge < -0.3 is 5.73 Å². The number of hydrogen-bond acceptors (Lipinski definition) is 2. The third-order valence-electron chi connectivity index (χ3n) is 2.57. The summed E-state index contributed by atoms with van der Waals surface area (Å²) >= 11 is 4.66. The lowest BCUT2D eigenvalue weighted by Gasteiger charge is -2.19. The number of nitrogens with two attached hydrogens (primary N) is 1. The summed E-state index contributed by atoms with van der Waals surface area (Å²) in [5, 5.41) is 4.24. The summed E-state index contributed by atoms with van der Waals surface area (Å²) in [4.78, 5) is 0. The van der Waals surface area contributed by atoms with Crippen molar-refractivity contribution in [2.24, 2.45) is 22.7 Å². The van der Waals surface area contributed by atoms with E-state index in [4.69, 9.17) is 5.73 Å². The standard InChI is InChI=1S/C10H21N3S/c1-4-8(5-2)9(6-3)7-12-13-10(11)14/h7-9H,4-6H2,1-3H3,(H3,11,13,14)/b12-7-. The molecule has 14 heavy (non-hydrogen) atoms. The summed E-state index contributed by atoms with van der Waals surface area (Å²) in [7, 11) is 0. The summed E-state index contributed by atoms with van der Waals surface area (Å²) in [5.74, 6) is 1.23. The number of rotatable bonds is 6. The fourth-order valence-electron chi connectivity index (χ4n) is 1.65. The molecule has 0 fully saturated rings. The molecule has 0 amide bonds. The molecule has 82 valence electrons. The lowest BCUT2D eigenvalue weighted by Crippen LogP contribution is -2.25. The van der Waals surface area contributed by atoms with Crippen molar-refractivity contribution in [3.8, 4) is 0 Å². The molecule has 0 rings (SSSR count). The minimum atomic E-state index is 0.223. The van der Waals surface area contributed by atoms with Crippen LogP contribution >= 0.6 is 12.2 Å². The molecular formula is C10H21N3S. The Balaban J connectivity index is 4.12. The molecule has 0 aromatic rings.